The van der Waals surface area contributed by atoms with Gasteiger partial charge in [-0.25, -0.2) is 0 Å². The Hall–Kier alpha value is -1.97. The van der Waals surface area contributed by atoms with Crippen LogP contribution < -0.4 is 5.01 Å². The highest BCUT2D eigenvalue weighted by atomic mass is 35.5. The van der Waals surface area contributed by atoms with Gasteiger partial charge in [0, 0.05) is 26.5 Å². The van der Waals surface area contributed by atoms with Crippen molar-refractivity contribution < 1.29 is 0 Å². The molecule has 0 radical (unpaired) electrons. The van der Waals surface area contributed by atoms with Gasteiger partial charge in [-0.1, -0.05) is 82.8 Å². The van der Waals surface area contributed by atoms with Crippen LogP contribution in [0.25, 0.3) is 6.08 Å². The normalized spacial score (nSPS) is 16.5. The molecule has 3 aromatic carbocycles. The molecule has 146 valence electrons. The number of allylic oxidation sites excluding steroid dienone is 1. The Morgan fingerprint density at radius 3 is 2.17 bits per heavy atom. The Balaban J connectivity index is 1.68. The van der Waals surface area contributed by atoms with Crippen LogP contribution in [0.4, 0.5) is 5.69 Å². The first-order chi connectivity index (χ1) is 14.0. The van der Waals surface area contributed by atoms with Crippen molar-refractivity contribution in [2.75, 3.05) is 5.01 Å². The highest BCUT2D eigenvalue weighted by Gasteiger charge is 2.29. The molecule has 4 rings (SSSR count). The summed E-state index contributed by atoms with van der Waals surface area (Å²) in [7, 11) is 0. The zero-order valence-electron chi connectivity index (χ0n) is 15.2. The lowest BCUT2D eigenvalue weighted by molar-refractivity contribution is 0.709. The van der Waals surface area contributed by atoms with E-state index in [0.29, 0.717) is 26.5 Å². The van der Waals surface area contributed by atoms with E-state index in [0.717, 1.165) is 22.5 Å². The van der Waals surface area contributed by atoms with Crippen LogP contribution in [-0.4, -0.2) is 5.71 Å². The minimum Gasteiger partial charge on any atom is -0.257 e. The van der Waals surface area contributed by atoms with E-state index in [1.807, 2.05) is 71.8 Å². The second kappa shape index (κ2) is 8.81. The van der Waals surface area contributed by atoms with Crippen molar-refractivity contribution in [2.45, 2.75) is 12.5 Å². The van der Waals surface area contributed by atoms with E-state index in [4.69, 9.17) is 51.5 Å². The lowest BCUT2D eigenvalue weighted by Gasteiger charge is -2.24. The topological polar surface area (TPSA) is 15.6 Å². The van der Waals surface area contributed by atoms with Gasteiger partial charge in [0.2, 0.25) is 0 Å². The third-order valence-electron chi connectivity index (χ3n) is 4.69. The monoisotopic (exact) mass is 460 g/mol. The van der Waals surface area contributed by atoms with Crippen molar-refractivity contribution >= 4 is 63.9 Å². The van der Waals surface area contributed by atoms with Gasteiger partial charge < -0.3 is 0 Å². The minimum absolute atomic E-state index is 0.0255. The first-order valence-electron chi connectivity index (χ1n) is 9.01. The van der Waals surface area contributed by atoms with E-state index < -0.39 is 0 Å². The molecule has 3 aromatic rings. The Kier molecular flexibility index (Phi) is 6.17. The van der Waals surface area contributed by atoms with Crippen molar-refractivity contribution in [3.05, 3.63) is 104 Å². The predicted octanol–water partition coefficient (Wildman–Crippen LogP) is 8.32. The summed E-state index contributed by atoms with van der Waals surface area (Å²) in [4.78, 5) is 0. The predicted molar refractivity (Wildman–Crippen MR) is 126 cm³/mol. The molecule has 0 saturated heterocycles. The summed E-state index contributed by atoms with van der Waals surface area (Å²) in [6, 6.07) is 21.0. The molecule has 0 aromatic heterocycles. The van der Waals surface area contributed by atoms with Crippen LogP contribution >= 0.6 is 46.4 Å². The summed E-state index contributed by atoms with van der Waals surface area (Å²) >= 11 is 24.9. The molecule has 2 nitrogen and oxygen atoms in total. The van der Waals surface area contributed by atoms with E-state index in [2.05, 4.69) is 0 Å². The molecule has 1 aliphatic rings. The van der Waals surface area contributed by atoms with Crippen LogP contribution in [0.2, 0.25) is 20.1 Å². The SMILES string of the molecule is Clc1ccc(/C=C\C2=NN(c3ccccc3)[C@@H](c3ccc(Cl)cc3Cl)C2)c(Cl)c1. The molecular formula is C23H16Cl4N2. The molecule has 0 bridgehead atoms. The highest BCUT2D eigenvalue weighted by molar-refractivity contribution is 6.36. The molecular weight excluding hydrogens is 446 g/mol. The minimum atomic E-state index is -0.0255. The number of hydrazone groups is 1. The lowest BCUT2D eigenvalue weighted by Crippen LogP contribution is -2.18. The van der Waals surface area contributed by atoms with Crippen molar-refractivity contribution in [1.82, 2.24) is 0 Å². The molecule has 0 unspecified atom stereocenters. The third kappa shape index (κ3) is 4.62. The Bertz CT molecular complexity index is 1090. The standard InChI is InChI=1S/C23H16Cl4N2/c24-16-8-6-15(21(26)12-16)7-10-18-14-23(20-11-9-17(25)13-22(20)27)29(28-18)19-4-2-1-3-5-19/h1-13,23H,14H2/b10-7-/t23-/m1/s1. The molecule has 0 aliphatic carbocycles. The lowest BCUT2D eigenvalue weighted by atomic mass is 10.0. The van der Waals surface area contributed by atoms with Crippen LogP contribution in [0.15, 0.2) is 77.9 Å². The highest BCUT2D eigenvalue weighted by Crippen LogP contribution is 2.39. The fourth-order valence-electron chi connectivity index (χ4n) is 3.29. The quantitative estimate of drug-likeness (QED) is 0.381. The van der Waals surface area contributed by atoms with Crippen molar-refractivity contribution in [2.24, 2.45) is 5.10 Å². The first-order valence-corrected chi connectivity index (χ1v) is 10.5. The molecule has 0 amide bonds. The maximum atomic E-state index is 6.51. The number of nitrogens with zero attached hydrogens (tertiary/aromatic N) is 2. The number of rotatable bonds is 4. The van der Waals surface area contributed by atoms with Gasteiger partial charge in [-0.15, -0.1) is 0 Å². The first kappa shape index (κ1) is 20.3. The zero-order valence-corrected chi connectivity index (χ0v) is 18.2. The fraction of sp³-hybridized carbons (Fsp3) is 0.0870. The summed E-state index contributed by atoms with van der Waals surface area (Å²) in [6.45, 7) is 0. The van der Waals surface area contributed by atoms with Crippen LogP contribution in [0.5, 0.6) is 0 Å². The summed E-state index contributed by atoms with van der Waals surface area (Å²) in [5.41, 5.74) is 3.79. The third-order valence-corrected chi connectivity index (χ3v) is 5.82. The summed E-state index contributed by atoms with van der Waals surface area (Å²) < 4.78 is 0. The summed E-state index contributed by atoms with van der Waals surface area (Å²) in [5, 5.41) is 9.30. The summed E-state index contributed by atoms with van der Waals surface area (Å²) in [5.74, 6) is 0. The van der Waals surface area contributed by atoms with Crippen LogP contribution in [0, 0.1) is 0 Å². The average molecular weight is 462 g/mol. The zero-order chi connectivity index (χ0) is 20.4. The Morgan fingerprint density at radius 2 is 1.48 bits per heavy atom. The van der Waals surface area contributed by atoms with Crippen LogP contribution in [0.1, 0.15) is 23.6 Å². The second-order valence-electron chi connectivity index (χ2n) is 6.66. The smallest absolute Gasteiger partial charge is 0.0845 e. The van der Waals surface area contributed by atoms with Crippen molar-refractivity contribution in [1.29, 1.82) is 0 Å². The molecule has 1 heterocycles. The fourth-order valence-corrected chi connectivity index (χ4v) is 4.30. The van der Waals surface area contributed by atoms with Crippen LogP contribution in [-0.2, 0) is 0 Å². The van der Waals surface area contributed by atoms with Gasteiger partial charge in [0.25, 0.3) is 0 Å². The van der Waals surface area contributed by atoms with Gasteiger partial charge in [-0.3, -0.25) is 5.01 Å². The molecule has 29 heavy (non-hydrogen) atoms. The molecule has 0 saturated carbocycles. The van der Waals surface area contributed by atoms with E-state index in [1.165, 1.54) is 0 Å². The van der Waals surface area contributed by atoms with E-state index in [9.17, 15) is 0 Å². The van der Waals surface area contributed by atoms with Gasteiger partial charge >= 0.3 is 0 Å². The van der Waals surface area contributed by atoms with Crippen molar-refractivity contribution in [3.8, 4) is 0 Å². The van der Waals surface area contributed by atoms with Gasteiger partial charge in [0.15, 0.2) is 0 Å². The maximum Gasteiger partial charge on any atom is 0.0845 e. The molecule has 0 fully saturated rings. The van der Waals surface area contributed by atoms with Gasteiger partial charge in [0.1, 0.15) is 0 Å². The average Bonchev–Trinajstić information content (AvgIpc) is 3.12. The number of hydrogen-bond acceptors (Lipinski definition) is 2. The second-order valence-corrected chi connectivity index (χ2v) is 8.34. The maximum absolute atomic E-state index is 6.51. The van der Waals surface area contributed by atoms with Gasteiger partial charge in [0.05, 0.1) is 17.4 Å². The van der Waals surface area contributed by atoms with E-state index in [-0.39, 0.29) is 6.04 Å². The number of anilines is 1. The molecule has 0 spiro atoms. The van der Waals surface area contributed by atoms with Crippen molar-refractivity contribution in [3.63, 3.8) is 0 Å². The van der Waals surface area contributed by atoms with Crippen LogP contribution in [0.3, 0.4) is 0 Å². The van der Waals surface area contributed by atoms with Gasteiger partial charge in [-0.05, 0) is 53.6 Å². The number of halogens is 4. The Labute approximate surface area is 190 Å². The summed E-state index contributed by atoms with van der Waals surface area (Å²) in [6.07, 6.45) is 4.64. The number of benzene rings is 3. The number of para-hydroxylation sites is 1. The molecule has 1 atom stereocenters. The van der Waals surface area contributed by atoms with E-state index >= 15 is 0 Å². The molecule has 6 heteroatoms. The molecule has 0 N–H and O–H groups in total. The van der Waals surface area contributed by atoms with Gasteiger partial charge in [-0.2, -0.15) is 5.10 Å². The Morgan fingerprint density at radius 1 is 0.793 bits per heavy atom. The number of hydrogen-bond donors (Lipinski definition) is 0. The molecule has 1 aliphatic heterocycles. The largest absolute Gasteiger partial charge is 0.257 e. The van der Waals surface area contributed by atoms with E-state index in [1.54, 1.807) is 12.1 Å².